The van der Waals surface area contributed by atoms with Crippen molar-refractivity contribution < 1.29 is 4.79 Å². The monoisotopic (exact) mass is 346 g/mol. The van der Waals surface area contributed by atoms with Crippen LogP contribution in [0.25, 0.3) is 10.9 Å². The second-order valence-corrected chi connectivity index (χ2v) is 5.49. The summed E-state index contributed by atoms with van der Waals surface area (Å²) in [5, 5.41) is 3.20. The number of rotatable bonds is 2. The van der Waals surface area contributed by atoms with Crippen LogP contribution in [-0.4, -0.2) is 20.4 Å². The van der Waals surface area contributed by atoms with Crippen LogP contribution in [-0.2, 0) is 7.05 Å². The van der Waals surface area contributed by atoms with Gasteiger partial charge in [-0.3, -0.25) is 9.59 Å². The average molecular weight is 347 g/mol. The molecule has 0 spiro atoms. The lowest BCUT2D eigenvalue weighted by molar-refractivity contribution is 0.101. The maximum Gasteiger partial charge on any atom is 0.272 e. The summed E-state index contributed by atoms with van der Waals surface area (Å²) in [4.78, 5) is 30.5. The molecule has 3 aromatic rings. The Kier molecular flexibility index (Phi) is 3.34. The zero-order valence-corrected chi connectivity index (χ0v) is 12.6. The molecule has 106 valence electrons. The molecule has 0 saturated heterocycles. The number of fused-ring (bicyclic) bond motifs is 1. The summed E-state index contributed by atoms with van der Waals surface area (Å²) in [7, 11) is 1.79. The van der Waals surface area contributed by atoms with Gasteiger partial charge in [0.1, 0.15) is 5.69 Å². The number of H-pyrrole nitrogens is 1. The van der Waals surface area contributed by atoms with Crippen LogP contribution in [0.5, 0.6) is 0 Å². The van der Waals surface area contributed by atoms with Crippen molar-refractivity contribution in [3.63, 3.8) is 0 Å². The Hall–Kier alpha value is -2.41. The third-order valence-electron chi connectivity index (χ3n) is 3.10. The van der Waals surface area contributed by atoms with E-state index in [0.29, 0.717) is 22.3 Å². The standard InChI is InChI=1S/C14H11BrN4O2/c1-19-6-8(15)4-12(19)14(21)18-9-2-3-11-10(5-9)13(20)17-7-16-11/h2-7H,1H3,(H,18,21)(H,16,17,20). The fraction of sp³-hybridized carbons (Fsp3) is 0.0714. The normalized spacial score (nSPS) is 10.8. The maximum atomic E-state index is 12.2. The number of carbonyl (C=O) groups is 1. The molecule has 1 amide bonds. The van der Waals surface area contributed by atoms with Gasteiger partial charge in [0.25, 0.3) is 11.5 Å². The topological polar surface area (TPSA) is 79.8 Å². The van der Waals surface area contributed by atoms with Crippen molar-refractivity contribution >= 4 is 38.4 Å². The highest BCUT2D eigenvalue weighted by Gasteiger charge is 2.12. The van der Waals surface area contributed by atoms with Crippen LogP contribution in [0.2, 0.25) is 0 Å². The third-order valence-corrected chi connectivity index (χ3v) is 3.54. The first-order valence-electron chi connectivity index (χ1n) is 6.15. The van der Waals surface area contributed by atoms with Crippen LogP contribution < -0.4 is 10.9 Å². The van der Waals surface area contributed by atoms with E-state index in [0.717, 1.165) is 4.47 Å². The van der Waals surface area contributed by atoms with Gasteiger partial charge in [-0.2, -0.15) is 0 Å². The van der Waals surface area contributed by atoms with E-state index in [1.807, 2.05) is 0 Å². The quantitative estimate of drug-likeness (QED) is 0.746. The Morgan fingerprint density at radius 3 is 2.90 bits per heavy atom. The van der Waals surface area contributed by atoms with Gasteiger partial charge < -0.3 is 14.9 Å². The molecule has 0 atom stereocenters. The highest BCUT2D eigenvalue weighted by molar-refractivity contribution is 9.10. The number of aryl methyl sites for hydroxylation is 1. The minimum absolute atomic E-state index is 0.238. The zero-order valence-electron chi connectivity index (χ0n) is 11.1. The number of nitrogens with one attached hydrogen (secondary N) is 2. The number of hydrogen-bond acceptors (Lipinski definition) is 3. The van der Waals surface area contributed by atoms with Gasteiger partial charge in [0.05, 0.1) is 17.2 Å². The lowest BCUT2D eigenvalue weighted by Gasteiger charge is -2.06. The molecular weight excluding hydrogens is 336 g/mol. The van der Waals surface area contributed by atoms with Gasteiger partial charge in [-0.15, -0.1) is 0 Å². The van der Waals surface area contributed by atoms with Crippen LogP contribution in [0, 0.1) is 0 Å². The smallest absolute Gasteiger partial charge is 0.272 e. The summed E-state index contributed by atoms with van der Waals surface area (Å²) in [5.41, 5.74) is 1.40. The number of carbonyl (C=O) groups excluding carboxylic acids is 1. The maximum absolute atomic E-state index is 12.2. The van der Waals surface area contributed by atoms with E-state index in [9.17, 15) is 9.59 Å². The van der Waals surface area contributed by atoms with E-state index in [1.54, 1.807) is 42.1 Å². The molecule has 0 aliphatic rings. The Labute approximate surface area is 127 Å². The van der Waals surface area contributed by atoms with Crippen molar-refractivity contribution in [1.29, 1.82) is 0 Å². The van der Waals surface area contributed by atoms with Crippen LogP contribution >= 0.6 is 15.9 Å². The predicted molar refractivity (Wildman–Crippen MR) is 83.4 cm³/mol. The number of amides is 1. The van der Waals surface area contributed by atoms with E-state index in [4.69, 9.17) is 0 Å². The van der Waals surface area contributed by atoms with Gasteiger partial charge in [0, 0.05) is 23.4 Å². The average Bonchev–Trinajstić information content (AvgIpc) is 2.79. The number of anilines is 1. The summed E-state index contributed by atoms with van der Waals surface area (Å²) < 4.78 is 2.55. The minimum atomic E-state index is -0.247. The molecule has 1 aromatic carbocycles. The molecule has 3 rings (SSSR count). The molecule has 0 aliphatic heterocycles. The van der Waals surface area contributed by atoms with Gasteiger partial charge >= 0.3 is 0 Å². The van der Waals surface area contributed by atoms with Crippen LogP contribution in [0.1, 0.15) is 10.5 Å². The number of nitrogens with zero attached hydrogens (tertiary/aromatic N) is 2. The van der Waals surface area contributed by atoms with Crippen LogP contribution in [0.3, 0.4) is 0 Å². The lowest BCUT2D eigenvalue weighted by Crippen LogP contribution is -2.15. The van der Waals surface area contributed by atoms with Gasteiger partial charge in [0.2, 0.25) is 0 Å². The number of aromatic nitrogens is 3. The highest BCUT2D eigenvalue weighted by Crippen LogP contribution is 2.17. The predicted octanol–water partition coefficient (Wildman–Crippen LogP) is 2.28. The van der Waals surface area contributed by atoms with E-state index >= 15 is 0 Å². The largest absolute Gasteiger partial charge is 0.345 e. The van der Waals surface area contributed by atoms with Crippen LogP contribution in [0.4, 0.5) is 5.69 Å². The molecule has 7 heteroatoms. The molecule has 2 N–H and O–H groups in total. The second-order valence-electron chi connectivity index (χ2n) is 4.57. The van der Waals surface area contributed by atoms with Crippen molar-refractivity contribution in [2.24, 2.45) is 7.05 Å². The van der Waals surface area contributed by atoms with Gasteiger partial charge in [-0.05, 0) is 40.2 Å². The SMILES string of the molecule is Cn1cc(Br)cc1C(=O)Nc1ccc2nc[nH]c(=O)c2c1. The van der Waals surface area contributed by atoms with E-state index in [-0.39, 0.29) is 11.5 Å². The lowest BCUT2D eigenvalue weighted by atomic mass is 10.2. The van der Waals surface area contributed by atoms with E-state index < -0.39 is 0 Å². The zero-order chi connectivity index (χ0) is 15.0. The van der Waals surface area contributed by atoms with Gasteiger partial charge in [0.15, 0.2) is 0 Å². The van der Waals surface area contributed by atoms with Crippen molar-refractivity contribution in [1.82, 2.24) is 14.5 Å². The van der Waals surface area contributed by atoms with Crippen molar-refractivity contribution in [2.45, 2.75) is 0 Å². The molecule has 0 aliphatic carbocycles. The van der Waals surface area contributed by atoms with Gasteiger partial charge in [-0.25, -0.2) is 4.98 Å². The Morgan fingerprint density at radius 1 is 1.38 bits per heavy atom. The number of aromatic amines is 1. The third kappa shape index (κ3) is 2.59. The molecule has 2 heterocycles. The van der Waals surface area contributed by atoms with Crippen molar-refractivity contribution in [3.8, 4) is 0 Å². The Morgan fingerprint density at radius 2 is 2.19 bits per heavy atom. The summed E-state index contributed by atoms with van der Waals surface area (Å²) in [5.74, 6) is -0.247. The first-order chi connectivity index (χ1) is 10.0. The van der Waals surface area contributed by atoms with Gasteiger partial charge in [-0.1, -0.05) is 0 Å². The number of halogens is 1. The summed E-state index contributed by atoms with van der Waals surface area (Å²) in [6.07, 6.45) is 3.15. The van der Waals surface area contributed by atoms with Crippen molar-refractivity contribution in [3.05, 3.63) is 57.3 Å². The second kappa shape index (κ2) is 5.17. The Bertz CT molecular complexity index is 897. The minimum Gasteiger partial charge on any atom is -0.345 e. The molecule has 0 unspecified atom stereocenters. The molecule has 21 heavy (non-hydrogen) atoms. The first-order valence-corrected chi connectivity index (χ1v) is 6.94. The Balaban J connectivity index is 1.95. The molecule has 0 saturated carbocycles. The van der Waals surface area contributed by atoms with Crippen LogP contribution in [0.15, 0.2) is 46.1 Å². The van der Waals surface area contributed by atoms with E-state index in [2.05, 4.69) is 31.2 Å². The molecular formula is C14H11BrN4O2. The van der Waals surface area contributed by atoms with Crippen molar-refractivity contribution in [2.75, 3.05) is 5.32 Å². The summed E-state index contributed by atoms with van der Waals surface area (Å²) in [6, 6.07) is 6.74. The molecule has 6 nitrogen and oxygen atoms in total. The highest BCUT2D eigenvalue weighted by atomic mass is 79.9. The molecule has 0 radical (unpaired) electrons. The molecule has 0 fully saturated rings. The first kappa shape index (κ1) is 13.6. The summed E-state index contributed by atoms with van der Waals surface area (Å²) >= 11 is 3.32. The number of benzene rings is 1. The molecule has 2 aromatic heterocycles. The fourth-order valence-electron chi connectivity index (χ4n) is 2.09. The van der Waals surface area contributed by atoms with E-state index in [1.165, 1.54) is 6.33 Å². The summed E-state index contributed by atoms with van der Waals surface area (Å²) in [6.45, 7) is 0. The fourth-order valence-corrected chi connectivity index (χ4v) is 2.62. The number of hydrogen-bond donors (Lipinski definition) is 2. The molecule has 0 bridgehead atoms.